The van der Waals surface area contributed by atoms with E-state index < -0.39 is 0 Å². The molecule has 1 unspecified atom stereocenters. The van der Waals surface area contributed by atoms with Crippen molar-refractivity contribution in [2.24, 2.45) is 4.99 Å². The lowest BCUT2D eigenvalue weighted by atomic mass is 10.2. The van der Waals surface area contributed by atoms with Gasteiger partial charge in [0.1, 0.15) is 11.5 Å². The number of nitrogens with one attached hydrogen (secondary N) is 2. The van der Waals surface area contributed by atoms with Crippen molar-refractivity contribution < 1.29 is 4.42 Å². The molecule has 2 heterocycles. The van der Waals surface area contributed by atoms with Crippen molar-refractivity contribution in [2.45, 2.75) is 40.3 Å². The Bertz CT molecular complexity index is 629. The first-order valence-electron chi connectivity index (χ1n) is 6.96. The highest BCUT2D eigenvalue weighted by molar-refractivity contribution is 7.11. The van der Waals surface area contributed by atoms with Gasteiger partial charge in [0.15, 0.2) is 5.96 Å². The number of aromatic nitrogens is 1. The van der Waals surface area contributed by atoms with Crippen molar-refractivity contribution in [3.8, 4) is 0 Å². The topological polar surface area (TPSA) is 62.5 Å². The van der Waals surface area contributed by atoms with Crippen LogP contribution in [0.3, 0.4) is 0 Å². The zero-order chi connectivity index (χ0) is 15.4. The summed E-state index contributed by atoms with van der Waals surface area (Å²) in [6.07, 6.45) is 0. The molecule has 0 radical (unpaired) electrons. The van der Waals surface area contributed by atoms with E-state index >= 15 is 0 Å². The summed E-state index contributed by atoms with van der Waals surface area (Å²) < 4.78 is 5.62. The van der Waals surface area contributed by atoms with Crippen molar-refractivity contribution >= 4 is 17.3 Å². The van der Waals surface area contributed by atoms with E-state index in [1.54, 1.807) is 18.4 Å². The predicted octanol–water partition coefficient (Wildman–Crippen LogP) is 3.09. The van der Waals surface area contributed by atoms with Crippen molar-refractivity contribution in [3.05, 3.63) is 39.2 Å². The predicted molar refractivity (Wildman–Crippen MR) is 86.8 cm³/mol. The largest absolute Gasteiger partial charge is 0.464 e. The summed E-state index contributed by atoms with van der Waals surface area (Å²) in [6, 6.07) is 4.01. The Labute approximate surface area is 129 Å². The minimum absolute atomic E-state index is 0.0641. The molecule has 0 aromatic carbocycles. The monoisotopic (exact) mass is 306 g/mol. The first-order valence-corrected chi connectivity index (χ1v) is 7.77. The SMILES string of the molecule is CN=C(NCc1sc(C)nc1C)NC(C)c1ccc(C)o1. The maximum atomic E-state index is 5.62. The highest BCUT2D eigenvalue weighted by Crippen LogP contribution is 2.17. The Kier molecular flexibility index (Phi) is 5.01. The fourth-order valence-electron chi connectivity index (χ4n) is 2.06. The van der Waals surface area contributed by atoms with Crippen LogP contribution >= 0.6 is 11.3 Å². The maximum Gasteiger partial charge on any atom is 0.191 e. The normalized spacial score (nSPS) is 13.3. The van der Waals surface area contributed by atoms with Crippen molar-refractivity contribution in [2.75, 3.05) is 7.05 Å². The third-order valence-electron chi connectivity index (χ3n) is 3.18. The highest BCUT2D eigenvalue weighted by atomic mass is 32.1. The van der Waals surface area contributed by atoms with Crippen LogP contribution < -0.4 is 10.6 Å². The van der Waals surface area contributed by atoms with E-state index in [2.05, 4.69) is 20.6 Å². The molecule has 6 heteroatoms. The van der Waals surface area contributed by atoms with E-state index in [-0.39, 0.29) is 6.04 Å². The lowest BCUT2D eigenvalue weighted by Gasteiger charge is -2.16. The van der Waals surface area contributed by atoms with Crippen molar-refractivity contribution in [1.29, 1.82) is 0 Å². The average molecular weight is 306 g/mol. The second-order valence-electron chi connectivity index (χ2n) is 4.98. The summed E-state index contributed by atoms with van der Waals surface area (Å²) >= 11 is 1.71. The molecule has 5 nitrogen and oxygen atoms in total. The zero-order valence-corrected chi connectivity index (χ0v) is 14.0. The van der Waals surface area contributed by atoms with E-state index in [9.17, 15) is 0 Å². The molecule has 0 amide bonds. The van der Waals surface area contributed by atoms with Crippen LogP contribution in [0.4, 0.5) is 0 Å². The van der Waals surface area contributed by atoms with Gasteiger partial charge in [-0.3, -0.25) is 4.99 Å². The molecular formula is C15H22N4OS. The Hall–Kier alpha value is -1.82. The van der Waals surface area contributed by atoms with Crippen LogP contribution in [0.2, 0.25) is 0 Å². The van der Waals surface area contributed by atoms with Gasteiger partial charge < -0.3 is 15.1 Å². The molecular weight excluding hydrogens is 284 g/mol. The molecule has 0 spiro atoms. The lowest BCUT2D eigenvalue weighted by Crippen LogP contribution is -2.38. The molecule has 0 bridgehead atoms. The number of hydrogen-bond acceptors (Lipinski definition) is 4. The van der Waals surface area contributed by atoms with Crippen LogP contribution in [0, 0.1) is 20.8 Å². The van der Waals surface area contributed by atoms with Gasteiger partial charge in [0.2, 0.25) is 0 Å². The zero-order valence-electron chi connectivity index (χ0n) is 13.2. The summed E-state index contributed by atoms with van der Waals surface area (Å²) in [6.45, 7) is 8.77. The van der Waals surface area contributed by atoms with Crippen LogP contribution in [0.5, 0.6) is 0 Å². The number of aliphatic imine (C=N–C) groups is 1. The fourth-order valence-corrected chi connectivity index (χ4v) is 2.94. The summed E-state index contributed by atoms with van der Waals surface area (Å²) in [5, 5.41) is 7.73. The van der Waals surface area contributed by atoms with Gasteiger partial charge in [-0.05, 0) is 39.8 Å². The van der Waals surface area contributed by atoms with Crippen molar-refractivity contribution in [3.63, 3.8) is 0 Å². The van der Waals surface area contributed by atoms with Gasteiger partial charge in [-0.2, -0.15) is 0 Å². The number of aryl methyl sites for hydroxylation is 3. The first kappa shape index (κ1) is 15.6. The van der Waals surface area contributed by atoms with E-state index in [0.29, 0.717) is 0 Å². The van der Waals surface area contributed by atoms with Gasteiger partial charge in [-0.15, -0.1) is 11.3 Å². The first-order chi connectivity index (χ1) is 9.99. The van der Waals surface area contributed by atoms with Crippen molar-refractivity contribution in [1.82, 2.24) is 15.6 Å². The second-order valence-corrected chi connectivity index (χ2v) is 6.27. The fraction of sp³-hybridized carbons (Fsp3) is 0.467. The summed E-state index contributed by atoms with van der Waals surface area (Å²) in [7, 11) is 1.76. The average Bonchev–Trinajstić information content (AvgIpc) is 3.00. The molecule has 0 aliphatic rings. The van der Waals surface area contributed by atoms with Crippen LogP contribution in [-0.4, -0.2) is 18.0 Å². The molecule has 0 fully saturated rings. The Morgan fingerprint density at radius 3 is 2.67 bits per heavy atom. The van der Waals surface area contributed by atoms with Gasteiger partial charge >= 0.3 is 0 Å². The molecule has 2 rings (SSSR count). The number of guanidine groups is 1. The minimum Gasteiger partial charge on any atom is -0.464 e. The maximum absolute atomic E-state index is 5.62. The number of rotatable bonds is 4. The highest BCUT2D eigenvalue weighted by Gasteiger charge is 2.12. The third kappa shape index (κ3) is 4.07. The van der Waals surface area contributed by atoms with Gasteiger partial charge in [-0.25, -0.2) is 4.98 Å². The molecule has 0 aliphatic carbocycles. The number of nitrogens with zero attached hydrogens (tertiary/aromatic N) is 2. The van der Waals surface area contributed by atoms with Gasteiger partial charge in [-0.1, -0.05) is 0 Å². The summed E-state index contributed by atoms with van der Waals surface area (Å²) in [4.78, 5) is 9.91. The van der Waals surface area contributed by atoms with E-state index in [0.717, 1.165) is 34.7 Å². The van der Waals surface area contributed by atoms with E-state index in [1.807, 2.05) is 39.8 Å². The van der Waals surface area contributed by atoms with E-state index in [1.165, 1.54) is 4.88 Å². The second kappa shape index (κ2) is 6.76. The Morgan fingerprint density at radius 1 is 1.38 bits per heavy atom. The molecule has 0 saturated heterocycles. The smallest absolute Gasteiger partial charge is 0.191 e. The van der Waals surface area contributed by atoms with Crippen LogP contribution in [0.1, 0.15) is 40.1 Å². The lowest BCUT2D eigenvalue weighted by molar-refractivity contribution is 0.441. The molecule has 2 aromatic rings. The summed E-state index contributed by atoms with van der Waals surface area (Å²) in [5.41, 5.74) is 1.08. The molecule has 0 aliphatic heterocycles. The number of thiazole rings is 1. The third-order valence-corrected chi connectivity index (χ3v) is 4.25. The van der Waals surface area contributed by atoms with E-state index in [4.69, 9.17) is 4.42 Å². The minimum atomic E-state index is 0.0641. The van der Waals surface area contributed by atoms with Crippen LogP contribution in [0.25, 0.3) is 0 Å². The van der Waals surface area contributed by atoms with Gasteiger partial charge in [0, 0.05) is 11.9 Å². The summed E-state index contributed by atoms with van der Waals surface area (Å²) in [5.74, 6) is 2.57. The quantitative estimate of drug-likeness (QED) is 0.673. The molecule has 2 aromatic heterocycles. The molecule has 2 N–H and O–H groups in total. The number of furan rings is 1. The van der Waals surface area contributed by atoms with Gasteiger partial charge in [0.25, 0.3) is 0 Å². The number of hydrogen-bond donors (Lipinski definition) is 2. The standard InChI is InChI=1S/C15H22N4OS/c1-9-6-7-13(20-9)10(2)19-15(16-5)17-8-14-11(3)18-12(4)21-14/h6-7,10H,8H2,1-5H3,(H2,16,17,19). The van der Waals surface area contributed by atoms with Gasteiger partial charge in [0.05, 0.1) is 23.3 Å². The van der Waals surface area contributed by atoms with Crippen LogP contribution in [0.15, 0.2) is 21.5 Å². The van der Waals surface area contributed by atoms with Crippen LogP contribution in [-0.2, 0) is 6.54 Å². The molecule has 114 valence electrons. The Morgan fingerprint density at radius 2 is 2.14 bits per heavy atom. The Balaban J connectivity index is 1.93. The molecule has 21 heavy (non-hydrogen) atoms. The molecule has 1 atom stereocenters. The molecule has 0 saturated carbocycles.